The van der Waals surface area contributed by atoms with Gasteiger partial charge in [-0.15, -0.1) is 0 Å². The Kier molecular flexibility index (Phi) is 10.4. The highest BCUT2D eigenvalue weighted by Gasteiger charge is 2.43. The van der Waals surface area contributed by atoms with Crippen molar-refractivity contribution in [1.29, 1.82) is 0 Å². The molecule has 2 aliphatic rings. The maximum absolute atomic E-state index is 13.7. The number of halogens is 1. The van der Waals surface area contributed by atoms with Crippen molar-refractivity contribution >= 4 is 17.7 Å². The lowest BCUT2D eigenvalue weighted by Crippen LogP contribution is -2.47. The van der Waals surface area contributed by atoms with E-state index in [1.807, 2.05) is 13.8 Å². The van der Waals surface area contributed by atoms with Crippen molar-refractivity contribution < 1.29 is 23.5 Å². The average Bonchev–Trinajstić information content (AvgIpc) is 3.44. The van der Waals surface area contributed by atoms with Crippen LogP contribution in [-0.2, 0) is 4.79 Å². The zero-order chi connectivity index (χ0) is 29.5. The third-order valence-corrected chi connectivity index (χ3v) is 8.32. The van der Waals surface area contributed by atoms with Gasteiger partial charge in [-0.05, 0) is 98.5 Å². The zero-order valence-electron chi connectivity index (χ0n) is 24.4. The van der Waals surface area contributed by atoms with Gasteiger partial charge in [0.1, 0.15) is 17.6 Å². The second-order valence-corrected chi connectivity index (χ2v) is 11.8. The molecule has 1 saturated carbocycles. The number of carbonyl (C=O) groups excluding carboxylic acids is 3. The minimum Gasteiger partial charge on any atom is -0.497 e. The molecule has 4 unspecified atom stereocenters. The molecule has 0 aromatic heterocycles. The van der Waals surface area contributed by atoms with Gasteiger partial charge in [-0.1, -0.05) is 20.3 Å². The number of ether oxygens (including phenoxy) is 1. The quantitative estimate of drug-likeness (QED) is 0.451. The molecule has 8 nitrogen and oxygen atoms in total. The van der Waals surface area contributed by atoms with E-state index < -0.39 is 11.9 Å². The van der Waals surface area contributed by atoms with Crippen LogP contribution in [0.15, 0.2) is 48.5 Å². The van der Waals surface area contributed by atoms with Gasteiger partial charge < -0.3 is 25.6 Å². The molecule has 4 atom stereocenters. The summed E-state index contributed by atoms with van der Waals surface area (Å²) in [5.74, 6) is 0.493. The number of rotatable bonds is 10. The summed E-state index contributed by atoms with van der Waals surface area (Å²) in [4.78, 5) is 44.4. The molecule has 222 valence electrons. The van der Waals surface area contributed by atoms with E-state index in [-0.39, 0.29) is 36.2 Å². The summed E-state index contributed by atoms with van der Waals surface area (Å²) >= 11 is 0. The lowest BCUT2D eigenvalue weighted by molar-refractivity contribution is -0.125. The predicted molar refractivity (Wildman–Crippen MR) is 156 cm³/mol. The van der Waals surface area contributed by atoms with Crippen molar-refractivity contribution in [2.24, 2.45) is 23.5 Å². The molecular formula is C32H43FN4O4. The molecule has 3 amide bonds. The van der Waals surface area contributed by atoms with Crippen molar-refractivity contribution in [3.63, 3.8) is 0 Å². The lowest BCUT2D eigenvalue weighted by Gasteiger charge is -2.31. The first-order valence-electron chi connectivity index (χ1n) is 14.7. The second-order valence-electron chi connectivity index (χ2n) is 11.8. The monoisotopic (exact) mass is 566 g/mol. The number of nitrogens with zero attached hydrogens (tertiary/aromatic N) is 2. The largest absolute Gasteiger partial charge is 0.497 e. The Morgan fingerprint density at radius 2 is 1.68 bits per heavy atom. The minimum atomic E-state index is -0.746. The van der Waals surface area contributed by atoms with Gasteiger partial charge >= 0.3 is 0 Å². The number of likely N-dealkylation sites (tertiary alicyclic amines) is 1. The first-order valence-corrected chi connectivity index (χ1v) is 14.7. The Labute approximate surface area is 242 Å². The molecular weight excluding hydrogens is 523 g/mol. The molecule has 9 heteroatoms. The zero-order valence-corrected chi connectivity index (χ0v) is 24.4. The molecule has 2 aromatic rings. The van der Waals surface area contributed by atoms with Crippen LogP contribution in [0.1, 0.15) is 66.7 Å². The van der Waals surface area contributed by atoms with Crippen LogP contribution in [0.3, 0.4) is 0 Å². The summed E-state index contributed by atoms with van der Waals surface area (Å²) in [6.07, 6.45) is 4.57. The van der Waals surface area contributed by atoms with Crippen LogP contribution in [0.4, 0.5) is 4.39 Å². The van der Waals surface area contributed by atoms with Crippen molar-refractivity contribution in [2.75, 3.05) is 33.3 Å². The summed E-state index contributed by atoms with van der Waals surface area (Å²) in [5.41, 5.74) is 6.72. The summed E-state index contributed by atoms with van der Waals surface area (Å²) in [7, 11) is 1.57. The molecule has 0 bridgehead atoms. The van der Waals surface area contributed by atoms with Crippen LogP contribution in [0.5, 0.6) is 5.75 Å². The van der Waals surface area contributed by atoms with E-state index in [9.17, 15) is 18.8 Å². The van der Waals surface area contributed by atoms with Gasteiger partial charge in [0.05, 0.1) is 13.2 Å². The van der Waals surface area contributed by atoms with Crippen molar-refractivity contribution in [2.45, 2.75) is 58.0 Å². The van der Waals surface area contributed by atoms with E-state index in [0.717, 1.165) is 25.7 Å². The van der Waals surface area contributed by atoms with E-state index in [0.29, 0.717) is 54.8 Å². The number of hydrogen-bond donors (Lipinski definition) is 2. The van der Waals surface area contributed by atoms with Gasteiger partial charge in [0.25, 0.3) is 11.8 Å². The van der Waals surface area contributed by atoms with Crippen LogP contribution >= 0.6 is 0 Å². The highest BCUT2D eigenvalue weighted by Crippen LogP contribution is 2.30. The fourth-order valence-electron chi connectivity index (χ4n) is 6.13. The summed E-state index contributed by atoms with van der Waals surface area (Å²) in [5, 5.41) is 3.11. The number of carbonyl (C=O) groups is 3. The highest BCUT2D eigenvalue weighted by molar-refractivity contribution is 5.99. The van der Waals surface area contributed by atoms with Gasteiger partial charge in [0.2, 0.25) is 5.91 Å². The van der Waals surface area contributed by atoms with Crippen LogP contribution in [0.25, 0.3) is 0 Å². The van der Waals surface area contributed by atoms with Crippen LogP contribution in [0, 0.1) is 23.6 Å². The topological polar surface area (TPSA) is 105 Å². The maximum atomic E-state index is 13.7. The van der Waals surface area contributed by atoms with Crippen molar-refractivity contribution in [3.8, 4) is 5.75 Å². The third kappa shape index (κ3) is 7.64. The van der Waals surface area contributed by atoms with E-state index in [1.54, 1.807) is 41.2 Å². The van der Waals surface area contributed by atoms with Crippen LogP contribution < -0.4 is 15.8 Å². The fraction of sp³-hybridized carbons (Fsp3) is 0.531. The molecule has 41 heavy (non-hydrogen) atoms. The van der Waals surface area contributed by atoms with Crippen molar-refractivity contribution in [1.82, 2.24) is 15.1 Å². The number of methoxy groups -OCH3 is 1. The van der Waals surface area contributed by atoms with E-state index in [4.69, 9.17) is 10.5 Å². The van der Waals surface area contributed by atoms with Crippen LogP contribution in [0.2, 0.25) is 0 Å². The molecule has 1 aliphatic heterocycles. The van der Waals surface area contributed by atoms with Gasteiger partial charge in [0, 0.05) is 30.8 Å². The number of nitrogens with two attached hydrogens (primary N) is 1. The first kappa shape index (κ1) is 30.5. The van der Waals surface area contributed by atoms with E-state index in [1.165, 1.54) is 24.3 Å². The summed E-state index contributed by atoms with van der Waals surface area (Å²) in [6.45, 7) is 5.95. The predicted octanol–water partition coefficient (Wildman–Crippen LogP) is 4.10. The maximum Gasteiger partial charge on any atom is 0.254 e. The van der Waals surface area contributed by atoms with E-state index >= 15 is 0 Å². The number of amides is 3. The number of nitrogens with one attached hydrogen (secondary N) is 1. The second kappa shape index (κ2) is 13.9. The normalized spacial score (nSPS) is 22.4. The van der Waals surface area contributed by atoms with Gasteiger partial charge in [-0.3, -0.25) is 14.4 Å². The molecule has 3 N–H and O–H groups in total. The Morgan fingerprint density at radius 1 is 1.02 bits per heavy atom. The molecule has 1 aliphatic carbocycles. The molecule has 2 aromatic carbocycles. The molecule has 0 spiro atoms. The smallest absolute Gasteiger partial charge is 0.254 e. The van der Waals surface area contributed by atoms with Gasteiger partial charge in [-0.2, -0.15) is 0 Å². The third-order valence-electron chi connectivity index (χ3n) is 8.32. The van der Waals surface area contributed by atoms with Gasteiger partial charge in [-0.25, -0.2) is 4.39 Å². The Bertz CT molecular complexity index is 1190. The lowest BCUT2D eigenvalue weighted by atomic mass is 9.81. The average molecular weight is 567 g/mol. The van der Waals surface area contributed by atoms with Gasteiger partial charge in [0.15, 0.2) is 0 Å². The Hall–Kier alpha value is -3.46. The molecule has 0 radical (unpaired) electrons. The standard InChI is InChI=1S/C32H43FN4O4/c1-21(2)19-36(31(39)25-9-13-28(41-3)14-10-25)27-16-29(30(38)35-18-23-6-4-5-22(15-23)17-34)37(20-27)32(40)24-7-11-26(33)12-8-24/h7-14,21-23,27,29H,4-6,15-20,34H2,1-3H3,(H,35,38). The number of benzene rings is 2. The minimum absolute atomic E-state index is 0.156. The molecule has 2 fully saturated rings. The number of hydrogen-bond acceptors (Lipinski definition) is 5. The SMILES string of the molecule is COc1ccc(C(=O)N(CC(C)C)C2CC(C(=O)NCC3CCCC(CN)C3)N(C(=O)c3ccc(F)cc3)C2)cc1. The Balaban J connectivity index is 1.56. The van der Waals surface area contributed by atoms with Crippen LogP contribution in [-0.4, -0.2) is 72.9 Å². The summed E-state index contributed by atoms with van der Waals surface area (Å²) in [6, 6.07) is 11.2. The highest BCUT2D eigenvalue weighted by atomic mass is 19.1. The first-order chi connectivity index (χ1) is 19.7. The molecule has 1 saturated heterocycles. The Morgan fingerprint density at radius 3 is 2.32 bits per heavy atom. The fourth-order valence-corrected chi connectivity index (χ4v) is 6.13. The molecule has 4 rings (SSSR count). The van der Waals surface area contributed by atoms with E-state index in [2.05, 4.69) is 5.32 Å². The molecule has 1 heterocycles. The van der Waals surface area contributed by atoms with Crippen molar-refractivity contribution in [3.05, 3.63) is 65.5 Å². The summed E-state index contributed by atoms with van der Waals surface area (Å²) < 4.78 is 18.8.